The number of carboxylic acid groups (broad SMARTS) is 1. The van der Waals surface area contributed by atoms with Gasteiger partial charge in [-0.2, -0.15) is 0 Å². The Bertz CT molecular complexity index is 502. The number of carboxylic acids is 1. The summed E-state index contributed by atoms with van der Waals surface area (Å²) in [6.07, 6.45) is 0.359. The van der Waals surface area contributed by atoms with Gasteiger partial charge in [0.15, 0.2) is 0 Å². The quantitative estimate of drug-likeness (QED) is 0.784. The zero-order chi connectivity index (χ0) is 15.8. The molecule has 1 rings (SSSR count). The molecule has 0 heterocycles. The molecule has 21 heavy (non-hydrogen) atoms. The molecule has 0 saturated carbocycles. The van der Waals surface area contributed by atoms with Crippen LogP contribution in [0.3, 0.4) is 0 Å². The zero-order valence-corrected chi connectivity index (χ0v) is 12.2. The number of aliphatic carboxylic acids is 1. The van der Waals surface area contributed by atoms with Crippen molar-refractivity contribution in [2.75, 3.05) is 20.1 Å². The predicted molar refractivity (Wildman–Crippen MR) is 77.8 cm³/mol. The molecule has 1 atom stereocenters. The van der Waals surface area contributed by atoms with Crippen LogP contribution >= 0.6 is 0 Å². The molecular formula is C15H20N2O4. The fourth-order valence-corrected chi connectivity index (χ4v) is 1.70. The van der Waals surface area contributed by atoms with Gasteiger partial charge in [-0.15, -0.1) is 0 Å². The SMILES string of the molecule is CC(CCNC(=O)CN(C)C(=O)c1ccccc1)C(=O)O. The molecule has 1 aromatic carbocycles. The second kappa shape index (κ2) is 8.04. The molecule has 6 nitrogen and oxygen atoms in total. The molecule has 1 unspecified atom stereocenters. The lowest BCUT2D eigenvalue weighted by atomic mass is 10.1. The van der Waals surface area contributed by atoms with E-state index >= 15 is 0 Å². The minimum absolute atomic E-state index is 0.0603. The highest BCUT2D eigenvalue weighted by atomic mass is 16.4. The van der Waals surface area contributed by atoms with E-state index in [2.05, 4.69) is 5.32 Å². The minimum Gasteiger partial charge on any atom is -0.481 e. The van der Waals surface area contributed by atoms with Gasteiger partial charge >= 0.3 is 5.97 Å². The summed E-state index contributed by atoms with van der Waals surface area (Å²) in [5, 5.41) is 11.3. The van der Waals surface area contributed by atoms with Crippen LogP contribution in [0.4, 0.5) is 0 Å². The Kier molecular flexibility index (Phi) is 6.39. The standard InChI is InChI=1S/C15H20N2O4/c1-11(15(20)21)8-9-16-13(18)10-17(2)14(19)12-6-4-3-5-7-12/h3-7,11H,8-10H2,1-2H3,(H,16,18)(H,20,21). The molecule has 2 N–H and O–H groups in total. The van der Waals surface area contributed by atoms with Crippen LogP contribution in [-0.2, 0) is 9.59 Å². The third kappa shape index (κ3) is 5.64. The van der Waals surface area contributed by atoms with Gasteiger partial charge in [-0.3, -0.25) is 14.4 Å². The number of benzene rings is 1. The topological polar surface area (TPSA) is 86.7 Å². The summed E-state index contributed by atoms with van der Waals surface area (Å²) >= 11 is 0. The first-order valence-electron chi connectivity index (χ1n) is 6.72. The highest BCUT2D eigenvalue weighted by Gasteiger charge is 2.15. The maximum atomic E-state index is 12.0. The second-order valence-electron chi connectivity index (χ2n) is 4.91. The first-order chi connectivity index (χ1) is 9.91. The molecule has 0 radical (unpaired) electrons. The Morgan fingerprint density at radius 2 is 1.86 bits per heavy atom. The Labute approximate surface area is 123 Å². The van der Waals surface area contributed by atoms with E-state index in [1.165, 1.54) is 4.90 Å². The molecule has 0 spiro atoms. The van der Waals surface area contributed by atoms with Crippen molar-refractivity contribution < 1.29 is 19.5 Å². The van der Waals surface area contributed by atoms with E-state index in [1.807, 2.05) is 6.07 Å². The Hall–Kier alpha value is -2.37. The lowest BCUT2D eigenvalue weighted by Crippen LogP contribution is -2.39. The van der Waals surface area contributed by atoms with Crippen LogP contribution in [0.1, 0.15) is 23.7 Å². The number of likely N-dealkylation sites (N-methyl/N-ethyl adjacent to an activating group) is 1. The highest BCUT2D eigenvalue weighted by molar-refractivity contribution is 5.96. The summed E-state index contributed by atoms with van der Waals surface area (Å²) in [6, 6.07) is 8.70. The Morgan fingerprint density at radius 3 is 2.43 bits per heavy atom. The van der Waals surface area contributed by atoms with Crippen LogP contribution in [0, 0.1) is 5.92 Å². The fraction of sp³-hybridized carbons (Fsp3) is 0.400. The molecule has 1 aromatic rings. The summed E-state index contributed by atoms with van der Waals surface area (Å²) in [6.45, 7) is 1.80. The van der Waals surface area contributed by atoms with Crippen molar-refractivity contribution in [2.24, 2.45) is 5.92 Å². The van der Waals surface area contributed by atoms with Crippen molar-refractivity contribution in [3.63, 3.8) is 0 Å². The van der Waals surface area contributed by atoms with E-state index < -0.39 is 11.9 Å². The molecule has 114 valence electrons. The first-order valence-corrected chi connectivity index (χ1v) is 6.72. The van der Waals surface area contributed by atoms with Crippen molar-refractivity contribution in [3.05, 3.63) is 35.9 Å². The van der Waals surface area contributed by atoms with Gasteiger partial charge < -0.3 is 15.3 Å². The summed E-state index contributed by atoms with van der Waals surface area (Å²) in [5.74, 6) is -1.93. The molecule has 0 aliphatic carbocycles. The van der Waals surface area contributed by atoms with Crippen LogP contribution < -0.4 is 5.32 Å². The molecule has 0 bridgehead atoms. The predicted octanol–water partition coefficient (Wildman–Crippen LogP) is 0.986. The molecule has 2 amide bonds. The van der Waals surface area contributed by atoms with Crippen molar-refractivity contribution in [2.45, 2.75) is 13.3 Å². The van der Waals surface area contributed by atoms with Gasteiger partial charge in [0, 0.05) is 19.2 Å². The van der Waals surface area contributed by atoms with Crippen LogP contribution in [-0.4, -0.2) is 47.9 Å². The van der Waals surface area contributed by atoms with Crippen LogP contribution in [0.5, 0.6) is 0 Å². The number of carbonyl (C=O) groups is 3. The molecule has 0 aromatic heterocycles. The fourth-order valence-electron chi connectivity index (χ4n) is 1.70. The monoisotopic (exact) mass is 292 g/mol. The van der Waals surface area contributed by atoms with Gasteiger partial charge in [0.1, 0.15) is 0 Å². The van der Waals surface area contributed by atoms with E-state index in [4.69, 9.17) is 5.11 Å². The molecular weight excluding hydrogens is 272 g/mol. The lowest BCUT2D eigenvalue weighted by molar-refractivity contribution is -0.141. The van der Waals surface area contributed by atoms with Gasteiger partial charge in [0.05, 0.1) is 12.5 Å². The number of hydrogen-bond acceptors (Lipinski definition) is 3. The van der Waals surface area contributed by atoms with Crippen molar-refractivity contribution >= 4 is 17.8 Å². The Balaban J connectivity index is 2.37. The van der Waals surface area contributed by atoms with Crippen molar-refractivity contribution in [3.8, 4) is 0 Å². The van der Waals surface area contributed by atoms with Crippen LogP contribution in [0.15, 0.2) is 30.3 Å². The van der Waals surface area contributed by atoms with Gasteiger partial charge in [-0.1, -0.05) is 25.1 Å². The van der Waals surface area contributed by atoms with Crippen LogP contribution in [0.25, 0.3) is 0 Å². The maximum absolute atomic E-state index is 12.0. The third-order valence-corrected chi connectivity index (χ3v) is 3.07. The van der Waals surface area contributed by atoms with Crippen molar-refractivity contribution in [1.82, 2.24) is 10.2 Å². The van der Waals surface area contributed by atoms with Crippen LogP contribution in [0.2, 0.25) is 0 Å². The number of nitrogens with zero attached hydrogens (tertiary/aromatic N) is 1. The van der Waals surface area contributed by atoms with E-state index in [1.54, 1.807) is 38.2 Å². The summed E-state index contributed by atoms with van der Waals surface area (Å²) in [7, 11) is 1.55. The van der Waals surface area contributed by atoms with E-state index in [0.29, 0.717) is 12.0 Å². The number of nitrogens with one attached hydrogen (secondary N) is 1. The molecule has 0 aliphatic rings. The van der Waals surface area contributed by atoms with E-state index in [-0.39, 0.29) is 24.9 Å². The second-order valence-corrected chi connectivity index (χ2v) is 4.91. The summed E-state index contributed by atoms with van der Waals surface area (Å²) in [5.41, 5.74) is 0.521. The first kappa shape index (κ1) is 16.7. The average Bonchev–Trinajstić information content (AvgIpc) is 2.46. The van der Waals surface area contributed by atoms with Gasteiger partial charge in [0.2, 0.25) is 5.91 Å². The number of amides is 2. The van der Waals surface area contributed by atoms with E-state index in [9.17, 15) is 14.4 Å². The van der Waals surface area contributed by atoms with Gasteiger partial charge in [-0.05, 0) is 18.6 Å². The maximum Gasteiger partial charge on any atom is 0.306 e. The summed E-state index contributed by atoms with van der Waals surface area (Å²) in [4.78, 5) is 35.7. The van der Waals surface area contributed by atoms with E-state index in [0.717, 1.165) is 0 Å². The van der Waals surface area contributed by atoms with Crippen molar-refractivity contribution in [1.29, 1.82) is 0 Å². The van der Waals surface area contributed by atoms with Gasteiger partial charge in [-0.25, -0.2) is 0 Å². The molecule has 0 aliphatic heterocycles. The number of rotatable bonds is 7. The molecule has 0 fully saturated rings. The minimum atomic E-state index is -0.888. The van der Waals surface area contributed by atoms with Gasteiger partial charge in [0.25, 0.3) is 5.91 Å². The normalized spacial score (nSPS) is 11.5. The summed E-state index contributed by atoms with van der Waals surface area (Å²) < 4.78 is 0. The largest absolute Gasteiger partial charge is 0.481 e. The molecule has 0 saturated heterocycles. The number of carbonyl (C=O) groups excluding carboxylic acids is 2. The third-order valence-electron chi connectivity index (χ3n) is 3.07. The highest BCUT2D eigenvalue weighted by Crippen LogP contribution is 2.03. The number of hydrogen-bond donors (Lipinski definition) is 2. The smallest absolute Gasteiger partial charge is 0.306 e. The molecule has 6 heteroatoms. The average molecular weight is 292 g/mol. The Morgan fingerprint density at radius 1 is 1.24 bits per heavy atom. The lowest BCUT2D eigenvalue weighted by Gasteiger charge is -2.17. The zero-order valence-electron chi connectivity index (χ0n) is 12.2.